The maximum absolute atomic E-state index is 12.6. The van der Waals surface area contributed by atoms with Crippen molar-refractivity contribution in [2.75, 3.05) is 12.4 Å². The fraction of sp³-hybridized carbons (Fsp3) is 0.261. The third kappa shape index (κ3) is 3.91. The number of furan rings is 1. The second kappa shape index (κ2) is 8.02. The summed E-state index contributed by atoms with van der Waals surface area (Å²) in [5.41, 5.74) is 3.55. The summed E-state index contributed by atoms with van der Waals surface area (Å²) >= 11 is 0. The van der Waals surface area contributed by atoms with Crippen LogP contribution < -0.4 is 10.6 Å². The minimum Gasteiger partial charge on any atom is -0.459 e. The quantitative estimate of drug-likeness (QED) is 0.652. The summed E-state index contributed by atoms with van der Waals surface area (Å²) in [5, 5.41) is 7.01. The molecule has 1 aliphatic heterocycles. The first kappa shape index (κ1) is 19.7. The van der Waals surface area contributed by atoms with Gasteiger partial charge in [0.2, 0.25) is 11.8 Å². The van der Waals surface area contributed by atoms with Crippen molar-refractivity contribution < 1.29 is 14.0 Å². The molecule has 7 nitrogen and oxygen atoms in total. The van der Waals surface area contributed by atoms with Crippen molar-refractivity contribution in [3.05, 3.63) is 65.1 Å². The van der Waals surface area contributed by atoms with E-state index in [4.69, 9.17) is 4.42 Å². The lowest BCUT2D eigenvalue weighted by molar-refractivity contribution is -0.125. The van der Waals surface area contributed by atoms with Crippen molar-refractivity contribution in [3.63, 3.8) is 0 Å². The van der Waals surface area contributed by atoms with E-state index in [-0.39, 0.29) is 17.9 Å². The lowest BCUT2D eigenvalue weighted by Gasteiger charge is -2.14. The molecule has 4 rings (SSSR count). The molecule has 0 saturated carbocycles. The molecule has 2 amide bonds. The molecule has 0 saturated heterocycles. The van der Waals surface area contributed by atoms with E-state index in [2.05, 4.69) is 15.6 Å². The highest BCUT2D eigenvalue weighted by molar-refractivity contribution is 5.92. The number of nitrogens with one attached hydrogen (secondary N) is 2. The van der Waals surface area contributed by atoms with Gasteiger partial charge in [0.05, 0.1) is 6.54 Å². The smallest absolute Gasteiger partial charge is 0.246 e. The van der Waals surface area contributed by atoms with E-state index in [1.165, 1.54) is 6.08 Å². The van der Waals surface area contributed by atoms with Gasteiger partial charge < -0.3 is 20.0 Å². The second-order valence-electron chi connectivity index (χ2n) is 7.53. The molecule has 0 bridgehead atoms. The van der Waals surface area contributed by atoms with Gasteiger partial charge in [-0.2, -0.15) is 0 Å². The Morgan fingerprint density at radius 2 is 2.17 bits per heavy atom. The summed E-state index contributed by atoms with van der Waals surface area (Å²) in [5.74, 6) is 1.26. The molecule has 0 radical (unpaired) electrons. The summed E-state index contributed by atoms with van der Waals surface area (Å²) in [6.45, 7) is 4.59. The van der Waals surface area contributed by atoms with E-state index in [1.54, 1.807) is 31.1 Å². The highest BCUT2D eigenvalue weighted by Gasteiger charge is 2.19. The van der Waals surface area contributed by atoms with Gasteiger partial charge in [-0.15, -0.1) is 0 Å². The Hall–Kier alpha value is -3.61. The Labute approximate surface area is 174 Å². The summed E-state index contributed by atoms with van der Waals surface area (Å²) < 4.78 is 5.90. The van der Waals surface area contributed by atoms with E-state index in [0.717, 1.165) is 33.4 Å². The van der Waals surface area contributed by atoms with Crippen LogP contribution in [0.5, 0.6) is 0 Å². The largest absolute Gasteiger partial charge is 0.459 e. The number of rotatable bonds is 4. The Balaban J connectivity index is 1.45. The standard InChI is InChI=1S/C23H24N4O3/c1-14-18-6-4-5-7-19(18)30-20(14)13-27(3)21(28)9-8-16-10-17-12-25-23(29)15(2)26-22(17)24-11-16/h4-11,15H,12-13H2,1-3H3,(H,24,26)(H,25,29). The number of hydrogen-bond acceptors (Lipinski definition) is 5. The Bertz CT molecular complexity index is 1150. The first-order chi connectivity index (χ1) is 14.4. The molecule has 1 aromatic carbocycles. The average molecular weight is 404 g/mol. The van der Waals surface area contributed by atoms with Crippen molar-refractivity contribution in [2.45, 2.75) is 33.0 Å². The van der Waals surface area contributed by atoms with E-state index >= 15 is 0 Å². The number of benzene rings is 1. The number of anilines is 1. The number of fused-ring (bicyclic) bond motifs is 2. The molecule has 1 unspecified atom stereocenters. The number of para-hydroxylation sites is 1. The number of aryl methyl sites for hydroxylation is 1. The van der Waals surface area contributed by atoms with Gasteiger partial charge >= 0.3 is 0 Å². The van der Waals surface area contributed by atoms with Crippen molar-refractivity contribution in [1.82, 2.24) is 15.2 Å². The fourth-order valence-corrected chi connectivity index (χ4v) is 3.45. The molecule has 0 aliphatic carbocycles. The summed E-state index contributed by atoms with van der Waals surface area (Å²) in [6.07, 6.45) is 4.93. The normalized spacial score (nSPS) is 16.1. The molecule has 30 heavy (non-hydrogen) atoms. The molecule has 7 heteroatoms. The molecule has 2 aromatic heterocycles. The molecule has 3 aromatic rings. The van der Waals surface area contributed by atoms with Gasteiger partial charge in [-0.25, -0.2) is 4.98 Å². The Morgan fingerprint density at radius 3 is 2.97 bits per heavy atom. The van der Waals surface area contributed by atoms with Crippen LogP contribution in [0.3, 0.4) is 0 Å². The molecule has 3 heterocycles. The van der Waals surface area contributed by atoms with Crippen LogP contribution >= 0.6 is 0 Å². The minimum absolute atomic E-state index is 0.0669. The van der Waals surface area contributed by atoms with Crippen molar-refractivity contribution in [3.8, 4) is 0 Å². The van der Waals surface area contributed by atoms with Crippen LogP contribution in [0.25, 0.3) is 17.0 Å². The van der Waals surface area contributed by atoms with Crippen LogP contribution in [0.4, 0.5) is 5.82 Å². The first-order valence-corrected chi connectivity index (χ1v) is 9.85. The monoisotopic (exact) mass is 404 g/mol. The number of nitrogens with zero attached hydrogens (tertiary/aromatic N) is 2. The zero-order chi connectivity index (χ0) is 21.3. The number of amides is 2. The minimum atomic E-state index is -0.336. The van der Waals surface area contributed by atoms with Gasteiger partial charge in [0.1, 0.15) is 23.2 Å². The summed E-state index contributed by atoms with van der Waals surface area (Å²) in [7, 11) is 1.75. The highest BCUT2D eigenvalue weighted by Crippen LogP contribution is 2.25. The van der Waals surface area contributed by atoms with Gasteiger partial charge in [0.25, 0.3) is 0 Å². The van der Waals surface area contributed by atoms with Crippen LogP contribution in [0.2, 0.25) is 0 Å². The third-order valence-electron chi connectivity index (χ3n) is 5.31. The number of carbonyl (C=O) groups excluding carboxylic acids is 2. The molecule has 1 atom stereocenters. The Kier molecular flexibility index (Phi) is 5.27. The number of likely N-dealkylation sites (N-methyl/N-ethyl adjacent to an activating group) is 1. The fourth-order valence-electron chi connectivity index (χ4n) is 3.45. The number of carbonyl (C=O) groups is 2. The van der Waals surface area contributed by atoms with Gasteiger partial charge in [-0.3, -0.25) is 9.59 Å². The molecule has 154 valence electrons. The zero-order valence-corrected chi connectivity index (χ0v) is 17.2. The van der Waals surface area contributed by atoms with E-state index < -0.39 is 0 Å². The molecular weight excluding hydrogens is 380 g/mol. The summed E-state index contributed by atoms with van der Waals surface area (Å²) in [4.78, 5) is 30.4. The predicted octanol–water partition coefficient (Wildman–Crippen LogP) is 3.24. The van der Waals surface area contributed by atoms with Crippen LogP contribution in [-0.4, -0.2) is 34.8 Å². The van der Waals surface area contributed by atoms with Gasteiger partial charge in [-0.1, -0.05) is 18.2 Å². The predicted molar refractivity (Wildman–Crippen MR) is 116 cm³/mol. The van der Waals surface area contributed by atoms with Crippen LogP contribution in [0.15, 0.2) is 47.0 Å². The van der Waals surface area contributed by atoms with Crippen LogP contribution in [0, 0.1) is 6.92 Å². The third-order valence-corrected chi connectivity index (χ3v) is 5.31. The van der Waals surface area contributed by atoms with Crippen molar-refractivity contribution in [2.24, 2.45) is 0 Å². The second-order valence-corrected chi connectivity index (χ2v) is 7.53. The molecular formula is C23H24N4O3. The lowest BCUT2D eigenvalue weighted by atomic mass is 10.1. The summed E-state index contributed by atoms with van der Waals surface area (Å²) in [6, 6.07) is 9.43. The molecule has 0 spiro atoms. The van der Waals surface area contributed by atoms with E-state index in [0.29, 0.717) is 18.9 Å². The van der Waals surface area contributed by atoms with Gasteiger partial charge in [0.15, 0.2) is 0 Å². The molecule has 0 fully saturated rings. The van der Waals surface area contributed by atoms with Crippen molar-refractivity contribution in [1.29, 1.82) is 0 Å². The Morgan fingerprint density at radius 1 is 1.37 bits per heavy atom. The van der Waals surface area contributed by atoms with Crippen molar-refractivity contribution >= 4 is 34.7 Å². The first-order valence-electron chi connectivity index (χ1n) is 9.85. The molecule has 1 aliphatic rings. The lowest BCUT2D eigenvalue weighted by Crippen LogP contribution is -2.34. The van der Waals surface area contributed by atoms with Crippen LogP contribution in [-0.2, 0) is 22.7 Å². The average Bonchev–Trinajstić information content (AvgIpc) is 2.98. The molecule has 2 N–H and O–H groups in total. The number of hydrogen-bond donors (Lipinski definition) is 2. The van der Waals surface area contributed by atoms with Crippen LogP contribution in [0.1, 0.15) is 29.4 Å². The van der Waals surface area contributed by atoms with E-state index in [1.807, 2.05) is 37.3 Å². The topological polar surface area (TPSA) is 87.5 Å². The maximum atomic E-state index is 12.6. The van der Waals surface area contributed by atoms with Gasteiger partial charge in [-0.05, 0) is 37.6 Å². The maximum Gasteiger partial charge on any atom is 0.246 e. The number of pyridine rings is 1. The number of aromatic nitrogens is 1. The van der Waals surface area contributed by atoms with Gasteiger partial charge in [0, 0.05) is 42.4 Å². The highest BCUT2D eigenvalue weighted by atomic mass is 16.3. The van der Waals surface area contributed by atoms with E-state index in [9.17, 15) is 9.59 Å². The SMILES string of the molecule is Cc1c(CN(C)C(=O)C=Cc2cnc3c(c2)CNC(=O)C(C)N3)oc2ccccc12. The zero-order valence-electron chi connectivity index (χ0n) is 17.2.